The van der Waals surface area contributed by atoms with Crippen LogP contribution < -0.4 is 9.47 Å². The highest BCUT2D eigenvalue weighted by Gasteiger charge is 2.06. The third-order valence-corrected chi connectivity index (χ3v) is 3.45. The van der Waals surface area contributed by atoms with Gasteiger partial charge in [0.2, 0.25) is 0 Å². The molecule has 0 saturated heterocycles. The SMILES string of the molecule is COc1ccccc1OCc1cc2c(Cl)cccc2[nH]1. The van der Waals surface area contributed by atoms with Crippen LogP contribution in [0.1, 0.15) is 5.69 Å². The van der Waals surface area contributed by atoms with E-state index < -0.39 is 0 Å². The lowest BCUT2D eigenvalue weighted by Crippen LogP contribution is -1.97. The van der Waals surface area contributed by atoms with Gasteiger partial charge in [0.05, 0.1) is 12.8 Å². The largest absolute Gasteiger partial charge is 0.493 e. The number of H-pyrrole nitrogens is 1. The molecule has 1 heterocycles. The molecule has 0 radical (unpaired) electrons. The van der Waals surface area contributed by atoms with Crippen molar-refractivity contribution in [3.63, 3.8) is 0 Å². The second-order valence-corrected chi connectivity index (χ2v) is 4.84. The Morgan fingerprint density at radius 3 is 2.60 bits per heavy atom. The molecule has 0 saturated carbocycles. The first-order valence-electron chi connectivity index (χ1n) is 6.30. The molecule has 0 aliphatic heterocycles. The fourth-order valence-corrected chi connectivity index (χ4v) is 2.38. The van der Waals surface area contributed by atoms with Crippen molar-refractivity contribution in [2.75, 3.05) is 7.11 Å². The molecule has 0 aliphatic carbocycles. The van der Waals surface area contributed by atoms with E-state index in [-0.39, 0.29) is 0 Å². The van der Waals surface area contributed by atoms with E-state index >= 15 is 0 Å². The van der Waals surface area contributed by atoms with E-state index in [4.69, 9.17) is 21.1 Å². The first-order valence-corrected chi connectivity index (χ1v) is 6.67. The van der Waals surface area contributed by atoms with E-state index in [9.17, 15) is 0 Å². The Kier molecular flexibility index (Phi) is 3.52. The van der Waals surface area contributed by atoms with Gasteiger partial charge >= 0.3 is 0 Å². The maximum atomic E-state index is 6.15. The molecule has 0 aliphatic rings. The zero-order chi connectivity index (χ0) is 13.9. The highest BCUT2D eigenvalue weighted by molar-refractivity contribution is 6.35. The lowest BCUT2D eigenvalue weighted by Gasteiger charge is -2.09. The molecule has 20 heavy (non-hydrogen) atoms. The topological polar surface area (TPSA) is 34.2 Å². The Hall–Kier alpha value is -2.13. The van der Waals surface area contributed by atoms with Gasteiger partial charge in [0.25, 0.3) is 0 Å². The van der Waals surface area contributed by atoms with Crippen LogP contribution in [0.15, 0.2) is 48.5 Å². The predicted molar refractivity (Wildman–Crippen MR) is 80.6 cm³/mol. The molecule has 0 atom stereocenters. The Morgan fingerprint density at radius 1 is 1.05 bits per heavy atom. The summed E-state index contributed by atoms with van der Waals surface area (Å²) >= 11 is 6.15. The first-order chi connectivity index (χ1) is 9.78. The van der Waals surface area contributed by atoms with Crippen LogP contribution in [0.5, 0.6) is 11.5 Å². The second-order valence-electron chi connectivity index (χ2n) is 4.44. The van der Waals surface area contributed by atoms with Crippen molar-refractivity contribution in [1.29, 1.82) is 0 Å². The minimum atomic E-state index is 0.436. The number of fused-ring (bicyclic) bond motifs is 1. The maximum absolute atomic E-state index is 6.15. The van der Waals surface area contributed by atoms with Gasteiger partial charge in [-0.2, -0.15) is 0 Å². The Bertz CT molecular complexity index is 736. The summed E-state index contributed by atoms with van der Waals surface area (Å²) in [5, 5.41) is 1.75. The Balaban J connectivity index is 1.82. The van der Waals surface area contributed by atoms with Crippen molar-refractivity contribution in [1.82, 2.24) is 4.98 Å². The van der Waals surface area contributed by atoms with E-state index in [1.54, 1.807) is 7.11 Å². The molecular weight excluding hydrogens is 274 g/mol. The molecule has 0 spiro atoms. The lowest BCUT2D eigenvalue weighted by molar-refractivity contribution is 0.281. The highest BCUT2D eigenvalue weighted by atomic mass is 35.5. The van der Waals surface area contributed by atoms with Gasteiger partial charge in [0.15, 0.2) is 11.5 Å². The quantitative estimate of drug-likeness (QED) is 0.771. The molecule has 3 rings (SSSR count). The number of hydrogen-bond acceptors (Lipinski definition) is 2. The predicted octanol–water partition coefficient (Wildman–Crippen LogP) is 4.41. The number of halogens is 1. The zero-order valence-electron chi connectivity index (χ0n) is 11.0. The van der Waals surface area contributed by atoms with Gasteiger partial charge in [0.1, 0.15) is 6.61 Å². The number of benzene rings is 2. The number of aromatic amines is 1. The molecule has 4 heteroatoms. The first kappa shape index (κ1) is 12.9. The van der Waals surface area contributed by atoms with Crippen LogP contribution in [0.25, 0.3) is 10.9 Å². The number of aromatic nitrogens is 1. The van der Waals surface area contributed by atoms with Crippen LogP contribution in [-0.4, -0.2) is 12.1 Å². The fraction of sp³-hybridized carbons (Fsp3) is 0.125. The Morgan fingerprint density at radius 2 is 1.85 bits per heavy atom. The fourth-order valence-electron chi connectivity index (χ4n) is 2.15. The monoisotopic (exact) mass is 287 g/mol. The summed E-state index contributed by atoms with van der Waals surface area (Å²) in [4.78, 5) is 3.29. The van der Waals surface area contributed by atoms with Gasteiger partial charge < -0.3 is 14.5 Å². The molecule has 0 fully saturated rings. The van der Waals surface area contributed by atoms with Crippen molar-refractivity contribution in [3.8, 4) is 11.5 Å². The zero-order valence-corrected chi connectivity index (χ0v) is 11.8. The summed E-state index contributed by atoms with van der Waals surface area (Å²) < 4.78 is 11.0. The number of rotatable bonds is 4. The van der Waals surface area contributed by atoms with Gasteiger partial charge in [-0.3, -0.25) is 0 Å². The van der Waals surface area contributed by atoms with Crippen LogP contribution in [0.3, 0.4) is 0 Å². The van der Waals surface area contributed by atoms with Gasteiger partial charge in [0, 0.05) is 15.9 Å². The van der Waals surface area contributed by atoms with Crippen LogP contribution in [0.2, 0.25) is 5.02 Å². The van der Waals surface area contributed by atoms with E-state index in [1.165, 1.54) is 0 Å². The van der Waals surface area contributed by atoms with E-state index in [0.717, 1.165) is 33.1 Å². The highest BCUT2D eigenvalue weighted by Crippen LogP contribution is 2.28. The summed E-state index contributed by atoms with van der Waals surface area (Å²) in [6.07, 6.45) is 0. The van der Waals surface area contributed by atoms with Crippen LogP contribution >= 0.6 is 11.6 Å². The molecule has 2 aromatic carbocycles. The average Bonchev–Trinajstić information content (AvgIpc) is 2.90. The summed E-state index contributed by atoms with van der Waals surface area (Å²) in [6, 6.07) is 15.4. The third-order valence-electron chi connectivity index (χ3n) is 3.12. The Labute approximate surface area is 122 Å². The average molecular weight is 288 g/mol. The lowest BCUT2D eigenvalue weighted by atomic mass is 10.2. The van der Waals surface area contributed by atoms with Crippen molar-refractivity contribution in [2.24, 2.45) is 0 Å². The molecule has 0 unspecified atom stereocenters. The smallest absolute Gasteiger partial charge is 0.161 e. The van der Waals surface area contributed by atoms with Gasteiger partial charge in [-0.25, -0.2) is 0 Å². The maximum Gasteiger partial charge on any atom is 0.161 e. The molecular formula is C16H14ClNO2. The van der Waals surface area contributed by atoms with Crippen LogP contribution in [0, 0.1) is 0 Å². The van der Waals surface area contributed by atoms with E-state index in [2.05, 4.69) is 4.98 Å². The molecule has 102 valence electrons. The van der Waals surface area contributed by atoms with Crippen molar-refractivity contribution < 1.29 is 9.47 Å². The molecule has 3 nitrogen and oxygen atoms in total. The number of ether oxygens (including phenoxy) is 2. The molecule has 1 aromatic heterocycles. The van der Waals surface area contributed by atoms with E-state index in [0.29, 0.717) is 6.61 Å². The van der Waals surface area contributed by atoms with Crippen molar-refractivity contribution in [3.05, 3.63) is 59.2 Å². The van der Waals surface area contributed by atoms with Crippen molar-refractivity contribution >= 4 is 22.5 Å². The summed E-state index contributed by atoms with van der Waals surface area (Å²) in [7, 11) is 1.63. The standard InChI is InChI=1S/C16H14ClNO2/c1-19-15-7-2-3-8-16(15)20-10-11-9-12-13(17)5-4-6-14(12)18-11/h2-9,18H,10H2,1H3. The molecule has 3 aromatic rings. The number of methoxy groups -OCH3 is 1. The van der Waals surface area contributed by atoms with Gasteiger partial charge in [-0.05, 0) is 30.3 Å². The van der Waals surface area contributed by atoms with Crippen LogP contribution in [-0.2, 0) is 6.61 Å². The number of hydrogen-bond donors (Lipinski definition) is 1. The molecule has 0 amide bonds. The number of para-hydroxylation sites is 2. The van der Waals surface area contributed by atoms with Crippen molar-refractivity contribution in [2.45, 2.75) is 6.61 Å². The summed E-state index contributed by atoms with van der Waals surface area (Å²) in [5.74, 6) is 1.45. The summed E-state index contributed by atoms with van der Waals surface area (Å²) in [6.45, 7) is 0.436. The minimum absolute atomic E-state index is 0.436. The van der Waals surface area contributed by atoms with Gasteiger partial charge in [-0.15, -0.1) is 0 Å². The normalized spacial score (nSPS) is 10.7. The molecule has 1 N–H and O–H groups in total. The van der Waals surface area contributed by atoms with E-state index in [1.807, 2.05) is 48.5 Å². The summed E-state index contributed by atoms with van der Waals surface area (Å²) in [5.41, 5.74) is 1.98. The molecule has 0 bridgehead atoms. The van der Waals surface area contributed by atoms with Crippen LogP contribution in [0.4, 0.5) is 0 Å². The minimum Gasteiger partial charge on any atom is -0.493 e. The van der Waals surface area contributed by atoms with Gasteiger partial charge in [-0.1, -0.05) is 29.8 Å². The second kappa shape index (κ2) is 5.47. The third kappa shape index (κ3) is 2.45. The number of nitrogens with one attached hydrogen (secondary N) is 1.